The van der Waals surface area contributed by atoms with Gasteiger partial charge in [0.15, 0.2) is 0 Å². The first-order valence-electron chi connectivity index (χ1n) is 6.56. The summed E-state index contributed by atoms with van der Waals surface area (Å²) in [5.74, 6) is -0.225. The van der Waals surface area contributed by atoms with Crippen molar-refractivity contribution in [3.8, 4) is 0 Å². The summed E-state index contributed by atoms with van der Waals surface area (Å²) in [6, 6.07) is 5.55. The van der Waals surface area contributed by atoms with E-state index < -0.39 is 0 Å². The molecule has 0 saturated heterocycles. The van der Waals surface area contributed by atoms with Crippen LogP contribution in [0.4, 0.5) is 0 Å². The molecule has 0 saturated carbocycles. The van der Waals surface area contributed by atoms with Crippen LogP contribution in [0.15, 0.2) is 36.0 Å². The van der Waals surface area contributed by atoms with Gasteiger partial charge in [-0.3, -0.25) is 9.88 Å². The van der Waals surface area contributed by atoms with E-state index in [-0.39, 0.29) is 12.0 Å². The average Bonchev–Trinajstić information content (AvgIpc) is 2.96. The van der Waals surface area contributed by atoms with E-state index in [1.807, 2.05) is 12.1 Å². The van der Waals surface area contributed by atoms with Gasteiger partial charge in [-0.2, -0.15) is 0 Å². The molecule has 0 bridgehead atoms. The first-order valence-corrected chi connectivity index (χ1v) is 7.44. The Bertz CT molecular complexity index is 597. The summed E-state index contributed by atoms with van der Waals surface area (Å²) in [4.78, 5) is 19.9. The Morgan fingerprint density at radius 3 is 3.15 bits per heavy atom. The van der Waals surface area contributed by atoms with Crippen molar-refractivity contribution in [1.29, 1.82) is 0 Å². The molecule has 4 nitrogen and oxygen atoms in total. The van der Waals surface area contributed by atoms with E-state index in [9.17, 15) is 4.79 Å². The van der Waals surface area contributed by atoms with E-state index in [1.54, 1.807) is 23.7 Å². The molecule has 20 heavy (non-hydrogen) atoms. The lowest BCUT2D eigenvalue weighted by Gasteiger charge is -2.32. The first-order chi connectivity index (χ1) is 9.79. The summed E-state index contributed by atoms with van der Waals surface area (Å²) in [5.41, 5.74) is 2.21. The van der Waals surface area contributed by atoms with Crippen LogP contribution in [0.2, 0.25) is 0 Å². The highest BCUT2D eigenvalue weighted by molar-refractivity contribution is 7.10. The topological polar surface area (TPSA) is 42.4 Å². The van der Waals surface area contributed by atoms with Crippen LogP contribution < -0.4 is 0 Å². The summed E-state index contributed by atoms with van der Waals surface area (Å²) in [5, 5.41) is 2.12. The van der Waals surface area contributed by atoms with E-state index in [0.717, 1.165) is 25.1 Å². The van der Waals surface area contributed by atoms with Crippen molar-refractivity contribution in [2.75, 3.05) is 13.7 Å². The fraction of sp³-hybridized carbons (Fsp3) is 0.333. The number of methoxy groups -OCH3 is 1. The van der Waals surface area contributed by atoms with Crippen molar-refractivity contribution in [3.05, 3.63) is 52.0 Å². The normalized spacial score (nSPS) is 16.4. The second-order valence-corrected chi connectivity index (χ2v) is 5.80. The fourth-order valence-corrected chi connectivity index (χ4v) is 3.53. The third kappa shape index (κ3) is 2.46. The molecule has 0 radical (unpaired) electrons. The highest BCUT2D eigenvalue weighted by atomic mass is 32.1. The number of ether oxygens (including phenoxy) is 1. The Labute approximate surface area is 122 Å². The van der Waals surface area contributed by atoms with Gasteiger partial charge in [-0.25, -0.2) is 4.79 Å². The number of esters is 1. The Balaban J connectivity index is 1.89. The smallest absolute Gasteiger partial charge is 0.327 e. The number of pyridine rings is 1. The van der Waals surface area contributed by atoms with Gasteiger partial charge in [0.2, 0.25) is 0 Å². The summed E-state index contributed by atoms with van der Waals surface area (Å²) in [6.07, 6.45) is 4.44. The van der Waals surface area contributed by atoms with Crippen molar-refractivity contribution in [1.82, 2.24) is 9.88 Å². The molecular weight excluding hydrogens is 272 g/mol. The summed E-state index contributed by atoms with van der Waals surface area (Å²) in [7, 11) is 1.44. The van der Waals surface area contributed by atoms with Gasteiger partial charge in [-0.15, -0.1) is 11.3 Å². The number of fused-ring (bicyclic) bond motifs is 1. The van der Waals surface area contributed by atoms with Crippen molar-refractivity contribution < 1.29 is 9.53 Å². The van der Waals surface area contributed by atoms with Crippen molar-refractivity contribution in [2.24, 2.45) is 0 Å². The summed E-state index contributed by atoms with van der Waals surface area (Å²) >= 11 is 1.79. The number of rotatable bonds is 3. The number of carbonyl (C=O) groups is 1. The molecule has 2 aromatic rings. The Kier molecular flexibility index (Phi) is 3.80. The van der Waals surface area contributed by atoms with Crippen molar-refractivity contribution in [3.63, 3.8) is 0 Å². The molecule has 0 N–H and O–H groups in total. The minimum Gasteiger partial charge on any atom is -0.468 e. The van der Waals surface area contributed by atoms with Crippen LogP contribution in [-0.4, -0.2) is 29.5 Å². The van der Waals surface area contributed by atoms with Crippen molar-refractivity contribution in [2.45, 2.75) is 19.0 Å². The molecule has 0 aromatic carbocycles. The zero-order chi connectivity index (χ0) is 13.9. The van der Waals surface area contributed by atoms with Gasteiger partial charge in [-0.1, -0.05) is 6.07 Å². The number of hydrogen-bond acceptors (Lipinski definition) is 5. The van der Waals surface area contributed by atoms with E-state index in [2.05, 4.69) is 21.3 Å². The summed E-state index contributed by atoms with van der Waals surface area (Å²) < 4.78 is 4.98. The lowest BCUT2D eigenvalue weighted by Crippen LogP contribution is -2.38. The van der Waals surface area contributed by atoms with E-state index >= 15 is 0 Å². The zero-order valence-corrected chi connectivity index (χ0v) is 12.1. The lowest BCUT2D eigenvalue weighted by atomic mass is 10.0. The quantitative estimate of drug-likeness (QED) is 0.814. The van der Waals surface area contributed by atoms with Gasteiger partial charge >= 0.3 is 5.97 Å². The van der Waals surface area contributed by atoms with E-state index in [1.165, 1.54) is 17.6 Å². The predicted octanol–water partition coefficient (Wildman–Crippen LogP) is 2.42. The lowest BCUT2D eigenvalue weighted by molar-refractivity contribution is -0.147. The molecule has 0 amide bonds. The van der Waals surface area contributed by atoms with Crippen LogP contribution in [0.25, 0.3) is 0 Å². The fourth-order valence-electron chi connectivity index (χ4n) is 2.64. The maximum absolute atomic E-state index is 12.2. The molecular formula is C15H16N2O2S. The second-order valence-electron chi connectivity index (χ2n) is 4.80. The van der Waals surface area contributed by atoms with Gasteiger partial charge in [0.1, 0.15) is 6.04 Å². The Morgan fingerprint density at radius 1 is 1.50 bits per heavy atom. The highest BCUT2D eigenvalue weighted by Gasteiger charge is 2.31. The molecule has 5 heteroatoms. The van der Waals surface area contributed by atoms with Gasteiger partial charge in [0, 0.05) is 30.4 Å². The molecule has 1 unspecified atom stereocenters. The van der Waals surface area contributed by atoms with E-state index in [0.29, 0.717) is 0 Å². The van der Waals surface area contributed by atoms with Gasteiger partial charge in [0.05, 0.1) is 7.11 Å². The van der Waals surface area contributed by atoms with Crippen LogP contribution in [0.3, 0.4) is 0 Å². The zero-order valence-electron chi connectivity index (χ0n) is 11.3. The molecule has 2 aromatic heterocycles. The van der Waals surface area contributed by atoms with E-state index in [4.69, 9.17) is 4.74 Å². The number of carbonyl (C=O) groups excluding carboxylic acids is 1. The first kappa shape index (κ1) is 13.3. The molecule has 1 aliphatic rings. The molecule has 3 heterocycles. The van der Waals surface area contributed by atoms with Crippen LogP contribution in [0.5, 0.6) is 0 Å². The minimum absolute atomic E-state index is 0.225. The van der Waals surface area contributed by atoms with Gasteiger partial charge < -0.3 is 4.74 Å². The molecule has 1 aliphatic heterocycles. The second kappa shape index (κ2) is 5.73. The monoisotopic (exact) mass is 288 g/mol. The maximum Gasteiger partial charge on any atom is 0.327 e. The molecule has 1 atom stereocenters. The van der Waals surface area contributed by atoms with Crippen LogP contribution >= 0.6 is 11.3 Å². The Hall–Kier alpha value is -1.72. The van der Waals surface area contributed by atoms with Crippen molar-refractivity contribution >= 4 is 17.3 Å². The van der Waals surface area contributed by atoms with Crippen LogP contribution in [-0.2, 0) is 22.5 Å². The molecule has 104 valence electrons. The number of hydrogen-bond donors (Lipinski definition) is 0. The third-order valence-corrected chi connectivity index (χ3v) is 4.65. The summed E-state index contributed by atoms with van der Waals surface area (Å²) in [6.45, 7) is 1.65. The Morgan fingerprint density at radius 2 is 2.40 bits per heavy atom. The minimum atomic E-state index is -0.373. The molecule has 0 aliphatic carbocycles. The average molecular weight is 288 g/mol. The van der Waals surface area contributed by atoms with Gasteiger partial charge in [0.25, 0.3) is 0 Å². The largest absolute Gasteiger partial charge is 0.468 e. The van der Waals surface area contributed by atoms with Gasteiger partial charge in [-0.05, 0) is 35.1 Å². The SMILES string of the molecule is COC(=O)C(c1cccnc1)N1CCc2sccc2C1. The molecule has 0 spiro atoms. The highest BCUT2D eigenvalue weighted by Crippen LogP contribution is 2.30. The molecule has 3 rings (SSSR count). The standard InChI is InChI=1S/C15H16N2O2S/c1-19-15(18)14(11-3-2-6-16-9-11)17-7-4-13-12(10-17)5-8-20-13/h2-3,5-6,8-9,14H,4,7,10H2,1H3. The predicted molar refractivity (Wildman–Crippen MR) is 77.4 cm³/mol. The van der Waals surface area contributed by atoms with Crippen LogP contribution in [0.1, 0.15) is 22.0 Å². The number of aromatic nitrogens is 1. The van der Waals surface area contributed by atoms with Crippen LogP contribution in [0, 0.1) is 0 Å². The number of thiophene rings is 1. The third-order valence-electron chi connectivity index (χ3n) is 3.63. The maximum atomic E-state index is 12.2. The number of nitrogens with zero attached hydrogens (tertiary/aromatic N) is 2. The molecule has 0 fully saturated rings.